The molecule has 0 amide bonds. The van der Waals surface area contributed by atoms with Gasteiger partial charge in [-0.15, -0.1) is 0 Å². The summed E-state index contributed by atoms with van der Waals surface area (Å²) in [6.07, 6.45) is -37.1. The van der Waals surface area contributed by atoms with Crippen LogP contribution in [0.25, 0.3) is 0 Å². The van der Waals surface area contributed by atoms with Crippen LogP contribution in [0.2, 0.25) is 0 Å². The maximum atomic E-state index is 13.4. The molecule has 19 heteroatoms. The molecule has 0 rings (SSSR count). The lowest BCUT2D eigenvalue weighted by atomic mass is 10.2. The van der Waals surface area contributed by atoms with E-state index >= 15 is 0 Å². The van der Waals surface area contributed by atoms with Crippen molar-refractivity contribution in [2.75, 3.05) is 0 Å². The van der Waals surface area contributed by atoms with E-state index in [1.807, 2.05) is 9.47 Å². The zero-order valence-corrected chi connectivity index (χ0v) is 11.8. The lowest BCUT2D eigenvalue weighted by molar-refractivity contribution is -0.535. The second-order valence-corrected chi connectivity index (χ2v) is 4.02. The van der Waals surface area contributed by atoms with E-state index in [4.69, 9.17) is 0 Å². The maximum absolute atomic E-state index is 13.4. The van der Waals surface area contributed by atoms with Crippen LogP contribution >= 0.6 is 0 Å². The van der Waals surface area contributed by atoms with Gasteiger partial charge in [0.15, 0.2) is 0 Å². The third kappa shape index (κ3) is 5.25. The number of hydrogen-bond donors (Lipinski definition) is 0. The van der Waals surface area contributed by atoms with Crippen molar-refractivity contribution in [2.45, 2.75) is 30.4 Å². The highest BCUT2D eigenvalue weighted by molar-refractivity contribution is 4.94. The van der Waals surface area contributed by atoms with E-state index in [1.54, 1.807) is 0 Å². The van der Waals surface area contributed by atoms with Crippen LogP contribution in [0.3, 0.4) is 0 Å². The summed E-state index contributed by atoms with van der Waals surface area (Å²) in [5.41, 5.74) is 0. The summed E-state index contributed by atoms with van der Waals surface area (Å²) in [4.78, 5) is 0. The smallest absolute Gasteiger partial charge is 0.398 e. The van der Waals surface area contributed by atoms with E-state index in [0.29, 0.717) is 0 Å². The molecule has 0 aromatic rings. The molecule has 0 aromatic heterocycles. The zero-order chi connectivity index (χ0) is 22.9. The second kappa shape index (κ2) is 7.74. The minimum atomic E-state index is -7.55. The first kappa shape index (κ1) is 25.9. The Labute approximate surface area is 140 Å². The molecule has 0 aliphatic carbocycles. The average Bonchev–Trinajstić information content (AvgIpc) is 2.43. The number of rotatable bonds is 8. The molecule has 0 aliphatic heterocycles. The van der Waals surface area contributed by atoms with Gasteiger partial charge in [0, 0.05) is 0 Å². The first-order chi connectivity index (χ1) is 12.1. The van der Waals surface area contributed by atoms with Gasteiger partial charge in [0.2, 0.25) is 0 Å². The van der Waals surface area contributed by atoms with Crippen molar-refractivity contribution in [3.8, 4) is 0 Å². The van der Waals surface area contributed by atoms with Crippen molar-refractivity contribution in [1.82, 2.24) is 0 Å². The maximum Gasteiger partial charge on any atom is 0.495 e. The molecular formula is C9F16O3. The van der Waals surface area contributed by atoms with Gasteiger partial charge in [-0.05, 0) is 0 Å². The van der Waals surface area contributed by atoms with E-state index < -0.39 is 54.5 Å². The van der Waals surface area contributed by atoms with Gasteiger partial charge in [-0.2, -0.15) is 70.2 Å². The van der Waals surface area contributed by atoms with Crippen molar-refractivity contribution < 1.29 is 84.5 Å². The highest BCUT2D eigenvalue weighted by Crippen LogP contribution is 2.53. The third-order valence-electron chi connectivity index (χ3n) is 2.08. The number of ether oxygens (including phenoxy) is 3. The standard InChI is InChI=1S/C9F16O3/c10-1(11)3(14)26-7(20,21)5(16,6(17,18)19)28-9(24,25)8(22,23)27-4(15)2(12)13. The first-order valence-corrected chi connectivity index (χ1v) is 5.50. The number of hydrogen-bond acceptors (Lipinski definition) is 3. The molecule has 0 heterocycles. The molecular weight excluding hydrogens is 460 g/mol. The van der Waals surface area contributed by atoms with E-state index in [2.05, 4.69) is 0 Å². The molecule has 166 valence electrons. The Bertz CT molecular complexity index is 628. The highest BCUT2D eigenvalue weighted by Gasteiger charge is 2.81. The van der Waals surface area contributed by atoms with Crippen molar-refractivity contribution in [1.29, 1.82) is 0 Å². The summed E-state index contributed by atoms with van der Waals surface area (Å²) in [6.45, 7) is 0. The van der Waals surface area contributed by atoms with Crippen LogP contribution in [-0.2, 0) is 14.2 Å². The number of alkyl halides is 10. The lowest BCUT2D eigenvalue weighted by Gasteiger charge is -2.36. The Balaban J connectivity index is 6.20. The van der Waals surface area contributed by atoms with Crippen molar-refractivity contribution in [3.05, 3.63) is 24.2 Å². The second-order valence-electron chi connectivity index (χ2n) is 4.02. The van der Waals surface area contributed by atoms with Gasteiger partial charge >= 0.3 is 54.5 Å². The molecule has 0 fully saturated rings. The summed E-state index contributed by atoms with van der Waals surface area (Å²) >= 11 is 0. The van der Waals surface area contributed by atoms with Crippen LogP contribution in [0.4, 0.5) is 70.2 Å². The van der Waals surface area contributed by atoms with Crippen molar-refractivity contribution >= 4 is 0 Å². The van der Waals surface area contributed by atoms with Crippen LogP contribution in [-0.4, -0.2) is 30.4 Å². The lowest BCUT2D eigenvalue weighted by Crippen LogP contribution is -2.63. The van der Waals surface area contributed by atoms with Gasteiger partial charge in [0.25, 0.3) is 0 Å². The minimum Gasteiger partial charge on any atom is -0.398 e. The Morgan fingerprint density at radius 3 is 1.07 bits per heavy atom. The molecule has 0 aromatic carbocycles. The molecule has 0 N–H and O–H groups in total. The molecule has 0 bridgehead atoms. The van der Waals surface area contributed by atoms with Gasteiger partial charge < -0.3 is 9.47 Å². The molecule has 0 saturated heterocycles. The fourth-order valence-electron chi connectivity index (χ4n) is 0.946. The van der Waals surface area contributed by atoms with E-state index in [9.17, 15) is 70.2 Å². The fraction of sp³-hybridized carbons (Fsp3) is 0.556. The molecule has 3 nitrogen and oxygen atoms in total. The van der Waals surface area contributed by atoms with Gasteiger partial charge in [-0.25, -0.2) is 0 Å². The van der Waals surface area contributed by atoms with E-state index in [1.165, 1.54) is 4.74 Å². The van der Waals surface area contributed by atoms with Crippen LogP contribution < -0.4 is 0 Å². The Morgan fingerprint density at radius 2 is 0.786 bits per heavy atom. The zero-order valence-electron chi connectivity index (χ0n) is 11.8. The Morgan fingerprint density at radius 1 is 0.464 bits per heavy atom. The molecule has 0 saturated carbocycles. The predicted octanol–water partition coefficient (Wildman–Crippen LogP) is 6.11. The normalized spacial score (nSPS) is 15.6. The largest absolute Gasteiger partial charge is 0.495 e. The summed E-state index contributed by atoms with van der Waals surface area (Å²) in [5.74, 6) is -7.53. The average molecular weight is 460 g/mol. The van der Waals surface area contributed by atoms with E-state index in [-0.39, 0.29) is 0 Å². The third-order valence-corrected chi connectivity index (χ3v) is 2.08. The van der Waals surface area contributed by atoms with Gasteiger partial charge in [0.1, 0.15) is 0 Å². The molecule has 0 radical (unpaired) electrons. The number of halogens is 16. The van der Waals surface area contributed by atoms with Gasteiger partial charge in [-0.3, -0.25) is 4.74 Å². The monoisotopic (exact) mass is 460 g/mol. The summed E-state index contributed by atoms with van der Waals surface area (Å²) in [7, 11) is 0. The van der Waals surface area contributed by atoms with Gasteiger partial charge in [0.05, 0.1) is 0 Å². The first-order valence-electron chi connectivity index (χ1n) is 5.50. The Hall–Kier alpha value is -2.08. The van der Waals surface area contributed by atoms with Crippen LogP contribution in [0, 0.1) is 0 Å². The summed E-state index contributed by atoms with van der Waals surface area (Å²) in [5, 5.41) is 0. The fourth-order valence-corrected chi connectivity index (χ4v) is 0.946. The molecule has 1 atom stereocenters. The minimum absolute atomic E-state index is 1.54. The van der Waals surface area contributed by atoms with Crippen LogP contribution in [0.5, 0.6) is 0 Å². The predicted molar refractivity (Wildman–Crippen MR) is 48.7 cm³/mol. The highest BCUT2D eigenvalue weighted by atomic mass is 19.4. The summed E-state index contributed by atoms with van der Waals surface area (Å²) in [6, 6.07) is -7.85. The quantitative estimate of drug-likeness (QED) is 0.323. The molecule has 1 unspecified atom stereocenters. The molecule has 28 heavy (non-hydrogen) atoms. The van der Waals surface area contributed by atoms with Crippen LogP contribution in [0.1, 0.15) is 0 Å². The molecule has 0 aliphatic rings. The van der Waals surface area contributed by atoms with E-state index in [0.717, 1.165) is 0 Å². The van der Waals surface area contributed by atoms with Crippen molar-refractivity contribution in [3.63, 3.8) is 0 Å². The SMILES string of the molecule is FC(F)=C(F)OC(F)(F)C(F)(F)OC(F)(C(F)(F)F)C(F)(F)OC(F)=C(F)F. The summed E-state index contributed by atoms with van der Waals surface area (Å²) < 4.78 is 204. The Kier molecular flexibility index (Phi) is 7.17. The van der Waals surface area contributed by atoms with Crippen LogP contribution in [0.15, 0.2) is 24.2 Å². The van der Waals surface area contributed by atoms with Gasteiger partial charge in [-0.1, -0.05) is 0 Å². The topological polar surface area (TPSA) is 27.7 Å². The van der Waals surface area contributed by atoms with Crippen molar-refractivity contribution in [2.24, 2.45) is 0 Å². The molecule has 0 spiro atoms.